The molecule has 0 amide bonds. The van der Waals surface area contributed by atoms with Gasteiger partial charge in [0.15, 0.2) is 0 Å². The molecule has 0 spiro atoms. The van der Waals surface area contributed by atoms with E-state index in [1.807, 2.05) is 0 Å². The highest BCUT2D eigenvalue weighted by molar-refractivity contribution is 6.03. The Morgan fingerprint density at radius 1 is 1.06 bits per heavy atom. The minimum Gasteiger partial charge on any atom is -0.478 e. The molecule has 0 radical (unpaired) electrons. The largest absolute Gasteiger partial charge is 0.478 e. The average Bonchev–Trinajstić information content (AvgIpc) is 2.26. The van der Waals surface area contributed by atoms with E-state index in [0.29, 0.717) is 0 Å². The Labute approximate surface area is 89.0 Å². The number of hydrogen-bond donors (Lipinski definition) is 3. The predicted molar refractivity (Wildman–Crippen MR) is 50.0 cm³/mol. The van der Waals surface area contributed by atoms with Gasteiger partial charge in [0.1, 0.15) is 0 Å². The first-order valence-corrected chi connectivity index (χ1v) is 3.99. The number of carbonyl (C=O) groups excluding carboxylic acids is 1. The Hall–Kier alpha value is -2.41. The van der Waals surface area contributed by atoms with Crippen LogP contribution < -0.4 is 5.90 Å². The van der Waals surface area contributed by atoms with E-state index in [1.165, 1.54) is 0 Å². The van der Waals surface area contributed by atoms with Gasteiger partial charge in [-0.1, -0.05) is 0 Å². The third-order valence-corrected chi connectivity index (χ3v) is 1.82. The van der Waals surface area contributed by atoms with Crippen molar-refractivity contribution in [2.24, 2.45) is 5.90 Å². The molecule has 0 heterocycles. The van der Waals surface area contributed by atoms with E-state index in [-0.39, 0.29) is 5.56 Å². The fourth-order valence-electron chi connectivity index (χ4n) is 1.10. The summed E-state index contributed by atoms with van der Waals surface area (Å²) in [6.07, 6.45) is 0. The van der Waals surface area contributed by atoms with Crippen LogP contribution in [0.25, 0.3) is 0 Å². The van der Waals surface area contributed by atoms with Crippen LogP contribution in [0.4, 0.5) is 0 Å². The lowest BCUT2D eigenvalue weighted by Crippen LogP contribution is -2.13. The molecule has 7 nitrogen and oxygen atoms in total. The average molecular weight is 225 g/mol. The lowest BCUT2D eigenvalue weighted by atomic mass is 10.0. The first-order chi connectivity index (χ1) is 7.47. The molecule has 16 heavy (non-hydrogen) atoms. The first-order valence-electron chi connectivity index (χ1n) is 3.99. The van der Waals surface area contributed by atoms with Gasteiger partial charge in [-0.15, -0.1) is 0 Å². The van der Waals surface area contributed by atoms with Crippen LogP contribution in [0.3, 0.4) is 0 Å². The van der Waals surface area contributed by atoms with Crippen molar-refractivity contribution < 1.29 is 29.4 Å². The van der Waals surface area contributed by atoms with Gasteiger partial charge in [-0.25, -0.2) is 14.4 Å². The van der Waals surface area contributed by atoms with Gasteiger partial charge in [-0.2, -0.15) is 5.90 Å². The SMILES string of the molecule is NOC(=O)c1ccc(C(=O)O)c(C(=O)O)c1. The summed E-state index contributed by atoms with van der Waals surface area (Å²) in [4.78, 5) is 36.3. The Bertz CT molecular complexity index is 467. The van der Waals surface area contributed by atoms with Crippen molar-refractivity contribution in [1.29, 1.82) is 0 Å². The highest BCUT2D eigenvalue weighted by Crippen LogP contribution is 2.13. The van der Waals surface area contributed by atoms with Crippen molar-refractivity contribution in [2.75, 3.05) is 0 Å². The van der Waals surface area contributed by atoms with Gasteiger partial charge in [0.25, 0.3) is 0 Å². The second-order valence-corrected chi connectivity index (χ2v) is 2.78. The molecule has 1 aromatic carbocycles. The first kappa shape index (κ1) is 11.7. The van der Waals surface area contributed by atoms with Gasteiger partial charge < -0.3 is 15.1 Å². The molecule has 0 aromatic heterocycles. The van der Waals surface area contributed by atoms with E-state index >= 15 is 0 Å². The van der Waals surface area contributed by atoms with E-state index in [1.54, 1.807) is 0 Å². The predicted octanol–water partition coefficient (Wildman–Crippen LogP) is 0.113. The van der Waals surface area contributed by atoms with Crippen molar-refractivity contribution >= 4 is 17.9 Å². The summed E-state index contributed by atoms with van der Waals surface area (Å²) >= 11 is 0. The van der Waals surface area contributed by atoms with E-state index in [4.69, 9.17) is 10.2 Å². The van der Waals surface area contributed by atoms with Crippen molar-refractivity contribution in [1.82, 2.24) is 0 Å². The molecule has 1 aromatic rings. The zero-order valence-electron chi connectivity index (χ0n) is 7.84. The second-order valence-electron chi connectivity index (χ2n) is 2.78. The Kier molecular flexibility index (Phi) is 3.21. The molecule has 0 unspecified atom stereocenters. The van der Waals surface area contributed by atoms with Crippen LogP contribution in [0.2, 0.25) is 0 Å². The summed E-state index contributed by atoms with van der Waals surface area (Å²) in [6, 6.07) is 3.00. The van der Waals surface area contributed by atoms with E-state index in [2.05, 4.69) is 10.7 Å². The summed E-state index contributed by atoms with van der Waals surface area (Å²) in [5.74, 6) is 0.817. The molecule has 0 saturated carbocycles. The van der Waals surface area contributed by atoms with E-state index in [0.717, 1.165) is 18.2 Å². The number of nitrogens with two attached hydrogens (primary N) is 1. The monoisotopic (exact) mass is 225 g/mol. The number of aromatic carboxylic acids is 2. The molecule has 84 valence electrons. The molecular weight excluding hydrogens is 218 g/mol. The van der Waals surface area contributed by atoms with Gasteiger partial charge >= 0.3 is 17.9 Å². The smallest absolute Gasteiger partial charge is 0.356 e. The molecule has 0 bridgehead atoms. The Balaban J connectivity index is 3.34. The fraction of sp³-hybridized carbons (Fsp3) is 0. The van der Waals surface area contributed by atoms with Crippen LogP contribution in [-0.4, -0.2) is 28.1 Å². The number of benzene rings is 1. The molecule has 0 aliphatic heterocycles. The van der Waals surface area contributed by atoms with Crippen LogP contribution in [-0.2, 0) is 4.84 Å². The highest BCUT2D eigenvalue weighted by Gasteiger charge is 2.18. The van der Waals surface area contributed by atoms with Gasteiger partial charge in [0, 0.05) is 0 Å². The molecule has 0 fully saturated rings. The maximum Gasteiger partial charge on any atom is 0.356 e. The van der Waals surface area contributed by atoms with Crippen LogP contribution in [0.5, 0.6) is 0 Å². The maximum absolute atomic E-state index is 11.0. The van der Waals surface area contributed by atoms with Crippen LogP contribution in [0, 0.1) is 0 Å². The lowest BCUT2D eigenvalue weighted by Gasteiger charge is -2.03. The maximum atomic E-state index is 11.0. The van der Waals surface area contributed by atoms with Gasteiger partial charge in [0.05, 0.1) is 16.7 Å². The number of carboxylic acid groups (broad SMARTS) is 2. The Morgan fingerprint density at radius 3 is 2.06 bits per heavy atom. The summed E-state index contributed by atoms with van der Waals surface area (Å²) in [6.45, 7) is 0. The van der Waals surface area contributed by atoms with Gasteiger partial charge in [-0.3, -0.25) is 0 Å². The number of carbonyl (C=O) groups is 3. The van der Waals surface area contributed by atoms with Gasteiger partial charge in [-0.05, 0) is 18.2 Å². The lowest BCUT2D eigenvalue weighted by molar-refractivity contribution is 0.0502. The highest BCUT2D eigenvalue weighted by atomic mass is 16.7. The molecule has 0 saturated heterocycles. The second kappa shape index (κ2) is 4.41. The summed E-state index contributed by atoms with van der Waals surface area (Å²) in [5.41, 5.74) is -1.05. The third kappa shape index (κ3) is 2.15. The summed E-state index contributed by atoms with van der Waals surface area (Å²) in [5, 5.41) is 17.4. The topological polar surface area (TPSA) is 127 Å². The normalized spacial score (nSPS) is 9.56. The number of hydrogen-bond acceptors (Lipinski definition) is 5. The summed E-state index contributed by atoms with van der Waals surface area (Å²) in [7, 11) is 0. The number of carboxylic acids is 2. The van der Waals surface area contributed by atoms with Crippen molar-refractivity contribution in [3.63, 3.8) is 0 Å². The van der Waals surface area contributed by atoms with E-state index in [9.17, 15) is 14.4 Å². The zero-order chi connectivity index (χ0) is 12.3. The number of rotatable bonds is 3. The fourth-order valence-corrected chi connectivity index (χ4v) is 1.10. The zero-order valence-corrected chi connectivity index (χ0v) is 7.84. The Morgan fingerprint density at radius 2 is 1.62 bits per heavy atom. The molecule has 7 heteroatoms. The minimum atomic E-state index is -1.45. The summed E-state index contributed by atoms with van der Waals surface area (Å²) < 4.78 is 0. The quantitative estimate of drug-likeness (QED) is 0.623. The molecule has 1 rings (SSSR count). The molecular formula is C9H7NO6. The van der Waals surface area contributed by atoms with Crippen LogP contribution in [0.1, 0.15) is 31.1 Å². The molecule has 0 aliphatic rings. The van der Waals surface area contributed by atoms with Crippen LogP contribution >= 0.6 is 0 Å². The van der Waals surface area contributed by atoms with Crippen molar-refractivity contribution in [3.05, 3.63) is 34.9 Å². The standard InChI is InChI=1S/C9H7NO6/c10-16-9(15)4-1-2-5(7(11)12)6(3-4)8(13)14/h1-3H,10H2,(H,11,12)(H,13,14). The van der Waals surface area contributed by atoms with Crippen molar-refractivity contribution in [2.45, 2.75) is 0 Å². The molecule has 0 aliphatic carbocycles. The molecule has 0 atom stereocenters. The van der Waals surface area contributed by atoms with Gasteiger partial charge in [0.2, 0.25) is 0 Å². The van der Waals surface area contributed by atoms with Crippen LogP contribution in [0.15, 0.2) is 18.2 Å². The minimum absolute atomic E-state index is 0.134. The third-order valence-electron chi connectivity index (χ3n) is 1.82. The van der Waals surface area contributed by atoms with Crippen molar-refractivity contribution in [3.8, 4) is 0 Å². The van der Waals surface area contributed by atoms with E-state index < -0.39 is 29.0 Å². The molecule has 4 N–H and O–H groups in total.